The summed E-state index contributed by atoms with van der Waals surface area (Å²) in [6.45, 7) is 0. The Kier molecular flexibility index (Phi) is 3.26. The van der Waals surface area contributed by atoms with Crippen molar-refractivity contribution in [2.45, 2.75) is 52.8 Å². The number of rotatable bonds is 0. The molecule has 2 rings (SSSR count). The van der Waals surface area contributed by atoms with Crippen molar-refractivity contribution in [3.05, 3.63) is 0 Å². The van der Waals surface area contributed by atoms with Crippen LogP contribution in [0.5, 0.6) is 0 Å². The van der Waals surface area contributed by atoms with Crippen LogP contribution in [0.15, 0.2) is 0 Å². The molecule has 70 valence electrons. The summed E-state index contributed by atoms with van der Waals surface area (Å²) in [5.41, 5.74) is 0.763. The maximum atomic E-state index is 2.71. The molecule has 2 heteroatoms. The fourth-order valence-electron chi connectivity index (χ4n) is 2.90. The number of hydrogen-bond acceptors (Lipinski definition) is 0. The van der Waals surface area contributed by atoms with Gasteiger partial charge in [-0.2, -0.15) is 0 Å². The van der Waals surface area contributed by atoms with Crippen LogP contribution >= 0.6 is 45.2 Å². The Morgan fingerprint density at radius 3 is 1.83 bits per heavy atom. The summed E-state index contributed by atoms with van der Waals surface area (Å²) >= 11 is 5.43. The van der Waals surface area contributed by atoms with Crippen molar-refractivity contribution in [3.8, 4) is 0 Å². The molecule has 12 heavy (non-hydrogen) atoms. The molecular weight excluding hydrogens is 374 g/mol. The number of halogens is 2. The van der Waals surface area contributed by atoms with Crippen LogP contribution in [-0.2, 0) is 0 Å². The molecule has 2 fully saturated rings. The second-order valence-corrected chi connectivity index (χ2v) is 7.31. The topological polar surface area (TPSA) is 0 Å². The zero-order valence-electron chi connectivity index (χ0n) is 7.36. The fraction of sp³-hybridized carbons (Fsp3) is 1.00. The summed E-state index contributed by atoms with van der Waals surface area (Å²) in [7, 11) is 0. The molecular formula is C10H16I2. The smallest absolute Gasteiger partial charge is 0.0176 e. The first-order valence-electron chi connectivity index (χ1n) is 5.04. The molecule has 1 spiro atoms. The molecule has 2 aliphatic carbocycles. The van der Waals surface area contributed by atoms with Crippen molar-refractivity contribution in [1.29, 1.82) is 0 Å². The highest BCUT2D eigenvalue weighted by molar-refractivity contribution is 14.1. The van der Waals surface area contributed by atoms with Gasteiger partial charge in [0.25, 0.3) is 0 Å². The van der Waals surface area contributed by atoms with Crippen molar-refractivity contribution < 1.29 is 0 Å². The Balaban J connectivity index is 2.14. The van der Waals surface area contributed by atoms with E-state index in [2.05, 4.69) is 45.2 Å². The minimum Gasteiger partial charge on any atom is -0.0820 e. The average Bonchev–Trinajstić information content (AvgIpc) is 2.36. The zero-order chi connectivity index (χ0) is 8.60. The van der Waals surface area contributed by atoms with Crippen LogP contribution in [0.3, 0.4) is 0 Å². The molecule has 0 aromatic heterocycles. The van der Waals surface area contributed by atoms with E-state index in [1.54, 1.807) is 0 Å². The molecule has 2 saturated carbocycles. The summed E-state index contributed by atoms with van der Waals surface area (Å²) in [6, 6.07) is 0. The van der Waals surface area contributed by atoms with E-state index in [0.717, 1.165) is 13.3 Å². The normalized spacial score (nSPS) is 40.5. The molecule has 0 heterocycles. The molecule has 0 N–H and O–H groups in total. The average molecular weight is 390 g/mol. The second-order valence-electron chi connectivity index (χ2n) is 4.31. The molecule has 2 unspecified atom stereocenters. The van der Waals surface area contributed by atoms with Crippen molar-refractivity contribution >= 4 is 45.2 Å². The first-order valence-corrected chi connectivity index (χ1v) is 7.53. The Morgan fingerprint density at radius 1 is 0.833 bits per heavy atom. The molecule has 0 bridgehead atoms. The fourth-order valence-corrected chi connectivity index (χ4v) is 6.42. The quantitative estimate of drug-likeness (QED) is 0.427. The van der Waals surface area contributed by atoms with Crippen molar-refractivity contribution in [2.24, 2.45) is 5.41 Å². The largest absolute Gasteiger partial charge is 0.0820 e. The van der Waals surface area contributed by atoms with Gasteiger partial charge in [0.05, 0.1) is 0 Å². The molecule has 0 aliphatic heterocycles. The molecule has 2 aliphatic rings. The maximum Gasteiger partial charge on any atom is 0.0176 e. The van der Waals surface area contributed by atoms with Crippen LogP contribution in [0.25, 0.3) is 0 Å². The molecule has 0 radical (unpaired) electrons. The summed E-state index contributed by atoms with van der Waals surface area (Å²) in [5, 5.41) is 0. The lowest BCUT2D eigenvalue weighted by molar-refractivity contribution is 0.223. The first-order chi connectivity index (χ1) is 5.76. The van der Waals surface area contributed by atoms with Gasteiger partial charge >= 0.3 is 0 Å². The van der Waals surface area contributed by atoms with Gasteiger partial charge in [0, 0.05) is 7.85 Å². The van der Waals surface area contributed by atoms with Gasteiger partial charge in [-0.3, -0.25) is 0 Å². The zero-order valence-corrected chi connectivity index (χ0v) is 11.7. The summed E-state index contributed by atoms with van der Waals surface area (Å²) in [5.74, 6) is 0. The Bertz CT molecular complexity index is 149. The maximum absolute atomic E-state index is 2.71. The lowest BCUT2D eigenvalue weighted by atomic mass is 9.73. The summed E-state index contributed by atoms with van der Waals surface area (Å²) in [4.78, 5) is 0. The van der Waals surface area contributed by atoms with E-state index in [0.29, 0.717) is 0 Å². The monoisotopic (exact) mass is 390 g/mol. The van der Waals surface area contributed by atoms with E-state index in [1.807, 2.05) is 0 Å². The van der Waals surface area contributed by atoms with Crippen molar-refractivity contribution in [2.75, 3.05) is 0 Å². The molecule has 0 aromatic carbocycles. The van der Waals surface area contributed by atoms with E-state index in [-0.39, 0.29) is 0 Å². The standard InChI is InChI=1S/C10H16I2/c11-8-4-5-9(12)10(8)6-2-1-3-7-10/h8-9H,1-7H2. The molecule has 0 amide bonds. The second kappa shape index (κ2) is 3.91. The molecule has 0 nitrogen and oxygen atoms in total. The van der Waals surface area contributed by atoms with Gasteiger partial charge in [0.2, 0.25) is 0 Å². The third-order valence-corrected chi connectivity index (χ3v) is 7.43. The molecule has 2 atom stereocenters. The minimum absolute atomic E-state index is 0.763. The SMILES string of the molecule is IC1CCC(I)C12CCCCC2. The van der Waals surface area contributed by atoms with Crippen molar-refractivity contribution in [3.63, 3.8) is 0 Å². The van der Waals surface area contributed by atoms with Crippen LogP contribution < -0.4 is 0 Å². The highest BCUT2D eigenvalue weighted by Gasteiger charge is 2.47. The minimum atomic E-state index is 0.763. The van der Waals surface area contributed by atoms with Gasteiger partial charge < -0.3 is 0 Å². The summed E-state index contributed by atoms with van der Waals surface area (Å²) in [6.07, 6.45) is 10.5. The van der Waals surface area contributed by atoms with E-state index in [9.17, 15) is 0 Å². The highest BCUT2D eigenvalue weighted by Crippen LogP contribution is 2.55. The van der Waals surface area contributed by atoms with Crippen LogP contribution in [0.1, 0.15) is 44.9 Å². The van der Waals surface area contributed by atoms with E-state index in [1.165, 1.54) is 44.9 Å². The van der Waals surface area contributed by atoms with Gasteiger partial charge in [0.1, 0.15) is 0 Å². The van der Waals surface area contributed by atoms with Crippen LogP contribution in [0.4, 0.5) is 0 Å². The lowest BCUT2D eigenvalue weighted by Crippen LogP contribution is -2.35. The van der Waals surface area contributed by atoms with Gasteiger partial charge in [-0.25, -0.2) is 0 Å². The summed E-state index contributed by atoms with van der Waals surface area (Å²) < 4.78 is 1.97. The Morgan fingerprint density at radius 2 is 1.33 bits per heavy atom. The van der Waals surface area contributed by atoms with Crippen LogP contribution in [0, 0.1) is 5.41 Å². The Hall–Kier alpha value is 1.46. The van der Waals surface area contributed by atoms with Gasteiger partial charge in [-0.1, -0.05) is 64.4 Å². The lowest BCUT2D eigenvalue weighted by Gasteiger charge is -2.39. The molecule has 0 aromatic rings. The van der Waals surface area contributed by atoms with E-state index >= 15 is 0 Å². The number of alkyl halides is 2. The highest BCUT2D eigenvalue weighted by atomic mass is 127. The van der Waals surface area contributed by atoms with Gasteiger partial charge in [-0.05, 0) is 31.1 Å². The molecule has 0 saturated heterocycles. The van der Waals surface area contributed by atoms with Crippen LogP contribution in [0.2, 0.25) is 0 Å². The predicted molar refractivity (Wildman–Crippen MR) is 70.4 cm³/mol. The predicted octanol–water partition coefficient (Wildman–Crippen LogP) is 4.34. The van der Waals surface area contributed by atoms with E-state index < -0.39 is 0 Å². The Labute approximate surface area is 103 Å². The van der Waals surface area contributed by atoms with Crippen LogP contribution in [-0.4, -0.2) is 7.85 Å². The number of hydrogen-bond donors (Lipinski definition) is 0. The van der Waals surface area contributed by atoms with Gasteiger partial charge in [0.15, 0.2) is 0 Å². The van der Waals surface area contributed by atoms with Gasteiger partial charge in [-0.15, -0.1) is 0 Å². The van der Waals surface area contributed by atoms with E-state index in [4.69, 9.17) is 0 Å². The third-order valence-electron chi connectivity index (χ3n) is 3.71. The third kappa shape index (κ3) is 1.55. The first kappa shape index (κ1) is 9.99. The van der Waals surface area contributed by atoms with Crippen molar-refractivity contribution in [1.82, 2.24) is 0 Å².